The van der Waals surface area contributed by atoms with E-state index >= 15 is 0 Å². The number of urea groups is 1. The predicted molar refractivity (Wildman–Crippen MR) is 118 cm³/mol. The monoisotopic (exact) mass is 435 g/mol. The third kappa shape index (κ3) is 4.03. The number of anilines is 1. The van der Waals surface area contributed by atoms with Crippen LogP contribution in [0.4, 0.5) is 10.5 Å². The maximum Gasteiger partial charge on any atom is 0.338 e. The molecule has 0 spiro atoms. The van der Waals surface area contributed by atoms with E-state index < -0.39 is 23.9 Å². The second-order valence-electron chi connectivity index (χ2n) is 7.74. The zero-order chi connectivity index (χ0) is 22.8. The number of para-hydroxylation sites is 2. The van der Waals surface area contributed by atoms with Crippen LogP contribution >= 0.6 is 0 Å². The van der Waals surface area contributed by atoms with Crippen LogP contribution < -0.4 is 15.4 Å². The Kier molecular flexibility index (Phi) is 5.85. The maximum absolute atomic E-state index is 13.0. The number of nitrogens with zero attached hydrogens (tertiary/aromatic N) is 1. The summed E-state index contributed by atoms with van der Waals surface area (Å²) in [4.78, 5) is 39.6. The molecule has 8 heteroatoms. The van der Waals surface area contributed by atoms with E-state index in [0.717, 1.165) is 16.7 Å². The lowest BCUT2D eigenvalue weighted by Gasteiger charge is -2.33. The lowest BCUT2D eigenvalue weighted by atomic mass is 9.91. The van der Waals surface area contributed by atoms with Gasteiger partial charge in [-0.25, -0.2) is 9.59 Å². The fraction of sp³-hybridized carbons (Fsp3) is 0.292. The van der Waals surface area contributed by atoms with Crippen LogP contribution in [0.3, 0.4) is 0 Å². The molecular formula is C24H25N3O5. The molecule has 0 aromatic heterocycles. The van der Waals surface area contributed by atoms with Crippen molar-refractivity contribution in [1.29, 1.82) is 0 Å². The van der Waals surface area contributed by atoms with E-state index in [0.29, 0.717) is 29.3 Å². The molecule has 4 rings (SSSR count). The highest BCUT2D eigenvalue weighted by atomic mass is 16.5. The standard InChI is InChI=1S/C24H25N3O5/c1-4-31-19-8-6-5-7-17(19)25-20(28)12-27-18-13-32-23(29)21(18)22(26-24(27)30)16-11-14(2)9-10-15(16)3/h5-11,22H,4,12-13H2,1-3H3,(H,25,28)(H,26,30). The van der Waals surface area contributed by atoms with Gasteiger partial charge in [-0.1, -0.05) is 35.9 Å². The van der Waals surface area contributed by atoms with Crippen molar-refractivity contribution in [3.05, 3.63) is 70.4 Å². The molecule has 8 nitrogen and oxygen atoms in total. The van der Waals surface area contributed by atoms with E-state index in [1.54, 1.807) is 18.2 Å². The molecule has 2 heterocycles. The van der Waals surface area contributed by atoms with Crippen molar-refractivity contribution in [1.82, 2.24) is 10.2 Å². The minimum absolute atomic E-state index is 0.0498. The number of esters is 1. The summed E-state index contributed by atoms with van der Waals surface area (Å²) in [6.45, 7) is 5.88. The van der Waals surface area contributed by atoms with Crippen LogP contribution in [0.1, 0.15) is 29.7 Å². The Morgan fingerprint density at radius 2 is 2.00 bits per heavy atom. The Morgan fingerprint density at radius 1 is 1.22 bits per heavy atom. The Morgan fingerprint density at radius 3 is 2.78 bits per heavy atom. The first-order valence-electron chi connectivity index (χ1n) is 10.5. The van der Waals surface area contributed by atoms with Gasteiger partial charge in [-0.3, -0.25) is 9.69 Å². The highest BCUT2D eigenvalue weighted by molar-refractivity contribution is 6.00. The number of nitrogens with one attached hydrogen (secondary N) is 2. The number of amides is 3. The smallest absolute Gasteiger partial charge is 0.338 e. The minimum atomic E-state index is -0.620. The third-order valence-electron chi connectivity index (χ3n) is 5.51. The van der Waals surface area contributed by atoms with Crippen molar-refractivity contribution in [3.63, 3.8) is 0 Å². The molecule has 0 aliphatic carbocycles. The number of cyclic esters (lactones) is 1. The van der Waals surface area contributed by atoms with Gasteiger partial charge in [-0.15, -0.1) is 0 Å². The van der Waals surface area contributed by atoms with E-state index in [4.69, 9.17) is 9.47 Å². The number of benzene rings is 2. The Bertz CT molecular complexity index is 1120. The van der Waals surface area contributed by atoms with Gasteiger partial charge in [0.15, 0.2) is 0 Å². The quantitative estimate of drug-likeness (QED) is 0.679. The first-order chi connectivity index (χ1) is 15.4. The molecule has 2 aromatic carbocycles. The van der Waals surface area contributed by atoms with Gasteiger partial charge in [0.1, 0.15) is 18.9 Å². The number of carbonyl (C=O) groups excluding carboxylic acids is 3. The van der Waals surface area contributed by atoms with Crippen LogP contribution in [0.2, 0.25) is 0 Å². The van der Waals surface area contributed by atoms with Crippen molar-refractivity contribution in [2.24, 2.45) is 0 Å². The van der Waals surface area contributed by atoms with E-state index in [1.807, 2.05) is 45.0 Å². The molecule has 0 saturated carbocycles. The van der Waals surface area contributed by atoms with Crippen LogP contribution in [-0.2, 0) is 14.3 Å². The van der Waals surface area contributed by atoms with Gasteiger partial charge in [-0.05, 0) is 44.0 Å². The van der Waals surface area contributed by atoms with Crippen molar-refractivity contribution >= 4 is 23.6 Å². The molecule has 32 heavy (non-hydrogen) atoms. The number of rotatable bonds is 6. The molecule has 0 saturated heterocycles. The Balaban J connectivity index is 1.61. The zero-order valence-electron chi connectivity index (χ0n) is 18.2. The summed E-state index contributed by atoms with van der Waals surface area (Å²) < 4.78 is 10.8. The second-order valence-corrected chi connectivity index (χ2v) is 7.74. The van der Waals surface area contributed by atoms with E-state index in [-0.39, 0.29) is 13.2 Å². The van der Waals surface area contributed by atoms with Crippen LogP contribution in [0.25, 0.3) is 0 Å². The van der Waals surface area contributed by atoms with E-state index in [9.17, 15) is 14.4 Å². The summed E-state index contributed by atoms with van der Waals surface area (Å²) >= 11 is 0. The first-order valence-corrected chi connectivity index (χ1v) is 10.5. The van der Waals surface area contributed by atoms with Gasteiger partial charge in [0, 0.05) is 0 Å². The molecule has 2 aromatic rings. The van der Waals surface area contributed by atoms with Crippen molar-refractivity contribution in [2.75, 3.05) is 25.1 Å². The van der Waals surface area contributed by atoms with Gasteiger partial charge < -0.3 is 20.1 Å². The molecule has 3 amide bonds. The van der Waals surface area contributed by atoms with Gasteiger partial charge >= 0.3 is 12.0 Å². The summed E-state index contributed by atoms with van der Waals surface area (Å²) in [6, 6.07) is 11.9. The predicted octanol–water partition coefficient (Wildman–Crippen LogP) is 3.22. The fourth-order valence-electron chi connectivity index (χ4n) is 3.97. The summed E-state index contributed by atoms with van der Waals surface area (Å²) in [7, 11) is 0. The molecule has 1 atom stereocenters. The Labute approximate surface area is 186 Å². The average Bonchev–Trinajstić information content (AvgIpc) is 3.15. The average molecular weight is 435 g/mol. The van der Waals surface area contributed by atoms with Crippen LogP contribution in [-0.4, -0.2) is 42.6 Å². The molecule has 0 radical (unpaired) electrons. The van der Waals surface area contributed by atoms with Crippen LogP contribution in [0, 0.1) is 13.8 Å². The van der Waals surface area contributed by atoms with E-state index in [2.05, 4.69) is 10.6 Å². The topological polar surface area (TPSA) is 97.0 Å². The second kappa shape index (κ2) is 8.74. The summed E-state index contributed by atoms with van der Waals surface area (Å²) in [5.74, 6) is -0.359. The first kappa shape index (κ1) is 21.4. The summed E-state index contributed by atoms with van der Waals surface area (Å²) in [5.41, 5.74) is 4.09. The normalized spacial score (nSPS) is 17.6. The zero-order valence-corrected chi connectivity index (χ0v) is 18.2. The van der Waals surface area contributed by atoms with Crippen molar-refractivity contribution in [3.8, 4) is 5.75 Å². The number of aryl methyl sites for hydroxylation is 2. The van der Waals surface area contributed by atoms with Crippen LogP contribution in [0.15, 0.2) is 53.7 Å². The van der Waals surface area contributed by atoms with Gasteiger partial charge in [0.05, 0.1) is 29.6 Å². The maximum atomic E-state index is 13.0. The molecular weight excluding hydrogens is 410 g/mol. The minimum Gasteiger partial charge on any atom is -0.492 e. The number of hydrogen-bond donors (Lipinski definition) is 2. The lowest BCUT2D eigenvalue weighted by molar-refractivity contribution is -0.136. The lowest BCUT2D eigenvalue weighted by Crippen LogP contribution is -2.49. The fourth-order valence-corrected chi connectivity index (χ4v) is 3.97. The Hall–Kier alpha value is -3.81. The number of hydrogen-bond acceptors (Lipinski definition) is 5. The molecule has 2 aliphatic heterocycles. The highest BCUT2D eigenvalue weighted by Crippen LogP contribution is 2.36. The molecule has 0 fully saturated rings. The van der Waals surface area contributed by atoms with Gasteiger partial charge in [0.2, 0.25) is 5.91 Å². The van der Waals surface area contributed by atoms with Crippen LogP contribution in [0.5, 0.6) is 5.75 Å². The number of ether oxygens (including phenoxy) is 2. The molecule has 166 valence electrons. The highest BCUT2D eigenvalue weighted by Gasteiger charge is 2.43. The van der Waals surface area contributed by atoms with Gasteiger partial charge in [0.25, 0.3) is 0 Å². The molecule has 2 N–H and O–H groups in total. The molecule has 0 bridgehead atoms. The van der Waals surface area contributed by atoms with E-state index in [1.165, 1.54) is 4.90 Å². The third-order valence-corrected chi connectivity index (χ3v) is 5.51. The number of carbonyl (C=O) groups is 3. The van der Waals surface area contributed by atoms with Crippen molar-refractivity contribution in [2.45, 2.75) is 26.8 Å². The molecule has 2 aliphatic rings. The largest absolute Gasteiger partial charge is 0.492 e. The summed E-state index contributed by atoms with van der Waals surface area (Å²) in [6.07, 6.45) is 0. The summed E-state index contributed by atoms with van der Waals surface area (Å²) in [5, 5.41) is 5.66. The SMILES string of the molecule is CCOc1ccccc1NC(=O)CN1C(=O)NC(c2cc(C)ccc2C)C2=C1COC2=O. The van der Waals surface area contributed by atoms with Gasteiger partial charge in [-0.2, -0.15) is 0 Å². The molecule has 1 unspecified atom stereocenters. The van der Waals surface area contributed by atoms with Crippen molar-refractivity contribution < 1.29 is 23.9 Å².